The first kappa shape index (κ1) is 8.97. The van der Waals surface area contributed by atoms with Gasteiger partial charge < -0.3 is 10.6 Å². The van der Waals surface area contributed by atoms with Gasteiger partial charge in [0.25, 0.3) is 0 Å². The van der Waals surface area contributed by atoms with Crippen molar-refractivity contribution < 1.29 is 4.79 Å². The molecule has 0 bridgehead atoms. The average Bonchev–Trinajstić information content (AvgIpc) is 2.46. The fraction of sp³-hybridized carbons (Fsp3) is 0.889. The predicted octanol–water partition coefficient (Wildman–Crippen LogP) is -0.831. The molecule has 2 aliphatic heterocycles. The van der Waals surface area contributed by atoms with Gasteiger partial charge >= 0.3 is 0 Å². The lowest BCUT2D eigenvalue weighted by molar-refractivity contribution is -0.121. The van der Waals surface area contributed by atoms with E-state index in [4.69, 9.17) is 0 Å². The van der Waals surface area contributed by atoms with Gasteiger partial charge in [-0.15, -0.1) is 0 Å². The van der Waals surface area contributed by atoms with Gasteiger partial charge in [-0.3, -0.25) is 9.69 Å². The van der Waals surface area contributed by atoms with Gasteiger partial charge in [0, 0.05) is 32.6 Å². The summed E-state index contributed by atoms with van der Waals surface area (Å²) in [6, 6.07) is 1.11. The SMILES string of the molecule is CC(=O)NC1CN(C2CCNC2)C1. The summed E-state index contributed by atoms with van der Waals surface area (Å²) in [7, 11) is 0. The molecule has 13 heavy (non-hydrogen) atoms. The van der Waals surface area contributed by atoms with Crippen molar-refractivity contribution in [1.29, 1.82) is 0 Å². The normalized spacial score (nSPS) is 30.1. The van der Waals surface area contributed by atoms with Crippen LogP contribution in [-0.4, -0.2) is 49.1 Å². The fourth-order valence-corrected chi connectivity index (χ4v) is 2.14. The summed E-state index contributed by atoms with van der Waals surface area (Å²) in [6.07, 6.45) is 1.26. The van der Waals surface area contributed by atoms with Gasteiger partial charge in [-0.05, 0) is 13.0 Å². The number of rotatable bonds is 2. The van der Waals surface area contributed by atoms with E-state index in [0.29, 0.717) is 12.1 Å². The van der Waals surface area contributed by atoms with E-state index in [0.717, 1.165) is 26.2 Å². The molecule has 2 heterocycles. The number of nitrogens with zero attached hydrogens (tertiary/aromatic N) is 1. The van der Waals surface area contributed by atoms with E-state index in [1.807, 2.05) is 0 Å². The number of hydrogen-bond acceptors (Lipinski definition) is 3. The van der Waals surface area contributed by atoms with E-state index < -0.39 is 0 Å². The molecule has 2 rings (SSSR count). The first-order valence-electron chi connectivity index (χ1n) is 4.97. The van der Waals surface area contributed by atoms with Gasteiger partial charge in [-0.25, -0.2) is 0 Å². The largest absolute Gasteiger partial charge is 0.351 e. The molecular weight excluding hydrogens is 166 g/mol. The molecule has 74 valence electrons. The number of nitrogens with one attached hydrogen (secondary N) is 2. The minimum atomic E-state index is 0.0918. The Kier molecular flexibility index (Phi) is 2.51. The smallest absolute Gasteiger partial charge is 0.217 e. The van der Waals surface area contributed by atoms with Crippen LogP contribution in [0.4, 0.5) is 0 Å². The lowest BCUT2D eigenvalue weighted by Crippen LogP contribution is -2.62. The number of carbonyl (C=O) groups excluding carboxylic acids is 1. The van der Waals surface area contributed by atoms with Gasteiger partial charge in [-0.1, -0.05) is 0 Å². The molecule has 2 saturated heterocycles. The lowest BCUT2D eigenvalue weighted by Gasteiger charge is -2.43. The van der Waals surface area contributed by atoms with Gasteiger partial charge in [0.05, 0.1) is 6.04 Å². The molecule has 0 radical (unpaired) electrons. The van der Waals surface area contributed by atoms with Crippen LogP contribution in [0.2, 0.25) is 0 Å². The second-order valence-electron chi connectivity index (χ2n) is 4.00. The third kappa shape index (κ3) is 2.00. The molecule has 0 saturated carbocycles. The molecule has 0 aromatic carbocycles. The Hall–Kier alpha value is -0.610. The van der Waals surface area contributed by atoms with Crippen molar-refractivity contribution in [2.24, 2.45) is 0 Å². The maximum Gasteiger partial charge on any atom is 0.217 e. The zero-order valence-corrected chi connectivity index (χ0v) is 8.05. The van der Waals surface area contributed by atoms with E-state index in [1.165, 1.54) is 6.42 Å². The second-order valence-corrected chi connectivity index (χ2v) is 4.00. The third-order valence-corrected chi connectivity index (χ3v) is 2.87. The van der Waals surface area contributed by atoms with E-state index in [1.54, 1.807) is 6.92 Å². The molecule has 1 unspecified atom stereocenters. The van der Waals surface area contributed by atoms with Crippen LogP contribution in [0.5, 0.6) is 0 Å². The predicted molar refractivity (Wildman–Crippen MR) is 50.5 cm³/mol. The average molecular weight is 183 g/mol. The van der Waals surface area contributed by atoms with Crippen LogP contribution in [0, 0.1) is 0 Å². The minimum absolute atomic E-state index is 0.0918. The zero-order chi connectivity index (χ0) is 9.26. The van der Waals surface area contributed by atoms with Gasteiger partial charge in [0.2, 0.25) is 5.91 Å². The molecule has 1 atom stereocenters. The molecule has 1 amide bonds. The molecule has 4 nitrogen and oxygen atoms in total. The summed E-state index contributed by atoms with van der Waals surface area (Å²) >= 11 is 0. The number of hydrogen-bond donors (Lipinski definition) is 2. The Balaban J connectivity index is 1.68. The first-order valence-corrected chi connectivity index (χ1v) is 4.97. The fourth-order valence-electron chi connectivity index (χ4n) is 2.14. The Morgan fingerprint density at radius 3 is 2.85 bits per heavy atom. The van der Waals surface area contributed by atoms with Crippen molar-refractivity contribution >= 4 is 5.91 Å². The molecule has 2 fully saturated rings. The molecule has 0 aromatic heterocycles. The highest BCUT2D eigenvalue weighted by Gasteiger charge is 2.33. The van der Waals surface area contributed by atoms with Crippen molar-refractivity contribution in [3.63, 3.8) is 0 Å². The standard InChI is InChI=1S/C9H17N3O/c1-7(13)11-8-5-12(6-8)9-2-3-10-4-9/h8-10H,2-6H2,1H3,(H,11,13). The van der Waals surface area contributed by atoms with Crippen LogP contribution in [0.25, 0.3) is 0 Å². The zero-order valence-electron chi connectivity index (χ0n) is 8.05. The Labute approximate surface area is 78.7 Å². The van der Waals surface area contributed by atoms with Crippen LogP contribution in [0.3, 0.4) is 0 Å². The second kappa shape index (κ2) is 3.64. The topological polar surface area (TPSA) is 44.4 Å². The van der Waals surface area contributed by atoms with Crippen molar-refractivity contribution in [2.45, 2.75) is 25.4 Å². The van der Waals surface area contributed by atoms with E-state index >= 15 is 0 Å². The van der Waals surface area contributed by atoms with Crippen LogP contribution in [-0.2, 0) is 4.79 Å². The van der Waals surface area contributed by atoms with Crippen LogP contribution >= 0.6 is 0 Å². The third-order valence-electron chi connectivity index (χ3n) is 2.87. The highest BCUT2D eigenvalue weighted by molar-refractivity contribution is 5.73. The summed E-state index contributed by atoms with van der Waals surface area (Å²) in [5.41, 5.74) is 0. The van der Waals surface area contributed by atoms with Gasteiger partial charge in [0.15, 0.2) is 0 Å². The van der Waals surface area contributed by atoms with Gasteiger partial charge in [-0.2, -0.15) is 0 Å². The first-order chi connectivity index (χ1) is 6.25. The number of likely N-dealkylation sites (tertiary alicyclic amines) is 1. The molecular formula is C9H17N3O. The highest BCUT2D eigenvalue weighted by atomic mass is 16.1. The monoisotopic (exact) mass is 183 g/mol. The van der Waals surface area contributed by atoms with Crippen LogP contribution < -0.4 is 10.6 Å². The van der Waals surface area contributed by atoms with Crippen molar-refractivity contribution in [3.8, 4) is 0 Å². The maximum atomic E-state index is 10.7. The number of carbonyl (C=O) groups is 1. The Morgan fingerprint density at radius 1 is 1.54 bits per heavy atom. The molecule has 0 spiro atoms. The summed E-state index contributed by atoms with van der Waals surface area (Å²) in [4.78, 5) is 13.2. The maximum absolute atomic E-state index is 10.7. The molecule has 2 aliphatic rings. The lowest BCUT2D eigenvalue weighted by atomic mass is 10.0. The van der Waals surface area contributed by atoms with Crippen molar-refractivity contribution in [2.75, 3.05) is 26.2 Å². The Bertz CT molecular complexity index is 195. The summed E-state index contributed by atoms with van der Waals surface area (Å²) in [5.74, 6) is 0.0918. The quantitative estimate of drug-likeness (QED) is 0.587. The Morgan fingerprint density at radius 2 is 2.31 bits per heavy atom. The summed E-state index contributed by atoms with van der Waals surface area (Å²) in [5, 5.41) is 6.28. The number of amides is 1. The van der Waals surface area contributed by atoms with Crippen LogP contribution in [0.1, 0.15) is 13.3 Å². The van der Waals surface area contributed by atoms with Crippen molar-refractivity contribution in [3.05, 3.63) is 0 Å². The highest BCUT2D eigenvalue weighted by Crippen LogP contribution is 2.16. The molecule has 0 aliphatic carbocycles. The van der Waals surface area contributed by atoms with E-state index in [2.05, 4.69) is 15.5 Å². The molecule has 0 aromatic rings. The summed E-state index contributed by atoms with van der Waals surface area (Å²) in [6.45, 7) is 5.91. The van der Waals surface area contributed by atoms with E-state index in [-0.39, 0.29) is 5.91 Å². The minimum Gasteiger partial charge on any atom is -0.351 e. The van der Waals surface area contributed by atoms with Crippen molar-refractivity contribution in [1.82, 2.24) is 15.5 Å². The van der Waals surface area contributed by atoms with Crippen LogP contribution in [0.15, 0.2) is 0 Å². The van der Waals surface area contributed by atoms with Gasteiger partial charge in [0.1, 0.15) is 0 Å². The summed E-state index contributed by atoms with van der Waals surface area (Å²) < 4.78 is 0. The molecule has 4 heteroatoms. The molecule has 2 N–H and O–H groups in total. The van der Waals surface area contributed by atoms with E-state index in [9.17, 15) is 4.79 Å².